The molecule has 1 heterocycles. The van der Waals surface area contributed by atoms with Gasteiger partial charge >= 0.3 is 5.97 Å². The molecule has 0 aliphatic heterocycles. The highest BCUT2D eigenvalue weighted by Gasteiger charge is 2.09. The van der Waals surface area contributed by atoms with Gasteiger partial charge in [-0.1, -0.05) is 27.5 Å². The van der Waals surface area contributed by atoms with Gasteiger partial charge in [0.2, 0.25) is 0 Å². The van der Waals surface area contributed by atoms with E-state index < -0.39 is 5.97 Å². The SMILES string of the molecule is Cc1nc(Nc2ccc(Br)cc2Cl)ccc1C(=O)O. The summed E-state index contributed by atoms with van der Waals surface area (Å²) in [5.41, 5.74) is 1.35. The van der Waals surface area contributed by atoms with Gasteiger partial charge in [-0.2, -0.15) is 0 Å². The van der Waals surface area contributed by atoms with Crippen LogP contribution in [0.1, 0.15) is 16.1 Å². The first kappa shape index (κ1) is 13.8. The maximum Gasteiger partial charge on any atom is 0.337 e. The molecule has 0 aliphatic rings. The van der Waals surface area contributed by atoms with Crippen molar-refractivity contribution < 1.29 is 9.90 Å². The van der Waals surface area contributed by atoms with Crippen LogP contribution < -0.4 is 5.32 Å². The fraction of sp³-hybridized carbons (Fsp3) is 0.0769. The second kappa shape index (κ2) is 5.59. The molecule has 0 unspecified atom stereocenters. The number of anilines is 2. The third-order valence-electron chi connectivity index (χ3n) is 2.51. The van der Waals surface area contributed by atoms with Crippen LogP contribution in [0.4, 0.5) is 11.5 Å². The fourth-order valence-corrected chi connectivity index (χ4v) is 2.31. The molecule has 2 rings (SSSR count). The number of aromatic carboxylic acids is 1. The van der Waals surface area contributed by atoms with Crippen molar-refractivity contribution in [2.24, 2.45) is 0 Å². The summed E-state index contributed by atoms with van der Waals surface area (Å²) in [6.45, 7) is 1.65. The zero-order valence-electron chi connectivity index (χ0n) is 9.95. The van der Waals surface area contributed by atoms with Gasteiger partial charge in [0.05, 0.1) is 22.0 Å². The van der Waals surface area contributed by atoms with E-state index >= 15 is 0 Å². The topological polar surface area (TPSA) is 62.2 Å². The van der Waals surface area contributed by atoms with E-state index in [-0.39, 0.29) is 5.56 Å². The molecule has 2 N–H and O–H groups in total. The van der Waals surface area contributed by atoms with Crippen molar-refractivity contribution in [1.82, 2.24) is 4.98 Å². The zero-order chi connectivity index (χ0) is 14.0. The average Bonchev–Trinajstić information content (AvgIpc) is 2.32. The quantitative estimate of drug-likeness (QED) is 0.876. The third kappa shape index (κ3) is 3.24. The molecule has 0 saturated carbocycles. The minimum atomic E-state index is -0.988. The monoisotopic (exact) mass is 340 g/mol. The van der Waals surface area contributed by atoms with Crippen LogP contribution >= 0.6 is 27.5 Å². The highest BCUT2D eigenvalue weighted by Crippen LogP contribution is 2.28. The lowest BCUT2D eigenvalue weighted by molar-refractivity contribution is 0.0695. The summed E-state index contributed by atoms with van der Waals surface area (Å²) in [5, 5.41) is 12.5. The van der Waals surface area contributed by atoms with Crippen LogP contribution in [0.15, 0.2) is 34.8 Å². The summed E-state index contributed by atoms with van der Waals surface area (Å²) in [5.74, 6) is -0.440. The molecule has 1 aromatic heterocycles. The third-order valence-corrected chi connectivity index (χ3v) is 3.32. The van der Waals surface area contributed by atoms with Gasteiger partial charge < -0.3 is 10.4 Å². The van der Waals surface area contributed by atoms with E-state index in [1.54, 1.807) is 19.1 Å². The smallest absolute Gasteiger partial charge is 0.337 e. The van der Waals surface area contributed by atoms with Crippen LogP contribution in [-0.2, 0) is 0 Å². The zero-order valence-corrected chi connectivity index (χ0v) is 12.3. The Balaban J connectivity index is 2.29. The van der Waals surface area contributed by atoms with E-state index in [4.69, 9.17) is 16.7 Å². The number of halogens is 2. The molecule has 1 aromatic carbocycles. The molecule has 0 amide bonds. The van der Waals surface area contributed by atoms with Crippen LogP contribution in [0.5, 0.6) is 0 Å². The van der Waals surface area contributed by atoms with E-state index in [0.717, 1.165) is 4.47 Å². The first-order valence-corrected chi connectivity index (χ1v) is 6.57. The Morgan fingerprint density at radius 3 is 2.68 bits per heavy atom. The number of nitrogens with one attached hydrogen (secondary N) is 1. The van der Waals surface area contributed by atoms with Gasteiger partial charge in [0.25, 0.3) is 0 Å². The van der Waals surface area contributed by atoms with E-state index in [2.05, 4.69) is 26.2 Å². The Morgan fingerprint density at radius 1 is 1.37 bits per heavy atom. The molecule has 0 spiro atoms. The number of pyridine rings is 1. The van der Waals surface area contributed by atoms with Crippen LogP contribution in [0.25, 0.3) is 0 Å². The molecule has 2 aromatic rings. The van der Waals surface area contributed by atoms with E-state index in [1.807, 2.05) is 12.1 Å². The van der Waals surface area contributed by atoms with Crippen molar-refractivity contribution in [3.63, 3.8) is 0 Å². The lowest BCUT2D eigenvalue weighted by Crippen LogP contribution is -2.03. The molecule has 19 heavy (non-hydrogen) atoms. The van der Waals surface area contributed by atoms with Crippen molar-refractivity contribution in [3.8, 4) is 0 Å². The number of carboxylic acids is 1. The van der Waals surface area contributed by atoms with E-state index in [0.29, 0.717) is 22.2 Å². The Labute approximate surface area is 123 Å². The standard InChI is InChI=1S/C13H10BrClN2O2/c1-7-9(13(18)19)3-5-12(16-7)17-11-4-2-8(14)6-10(11)15/h2-6H,1H3,(H,16,17)(H,18,19). The molecule has 98 valence electrons. The lowest BCUT2D eigenvalue weighted by atomic mass is 10.2. The summed E-state index contributed by atoms with van der Waals surface area (Å²) < 4.78 is 0.883. The average molecular weight is 342 g/mol. The normalized spacial score (nSPS) is 10.3. The van der Waals surface area contributed by atoms with Crippen molar-refractivity contribution >= 4 is 45.0 Å². The summed E-state index contributed by atoms with van der Waals surface area (Å²) >= 11 is 9.41. The maximum absolute atomic E-state index is 10.9. The van der Waals surface area contributed by atoms with Crippen molar-refractivity contribution in [3.05, 3.63) is 51.1 Å². The predicted octanol–water partition coefficient (Wildman–Crippen LogP) is 4.25. The molecular weight excluding hydrogens is 332 g/mol. The first-order chi connectivity index (χ1) is 8.97. The predicted molar refractivity (Wildman–Crippen MR) is 78.4 cm³/mol. The van der Waals surface area contributed by atoms with Crippen LogP contribution in [0.3, 0.4) is 0 Å². The first-order valence-electron chi connectivity index (χ1n) is 5.40. The Bertz CT molecular complexity index is 647. The number of aryl methyl sites for hydroxylation is 1. The van der Waals surface area contributed by atoms with Gasteiger partial charge in [-0.05, 0) is 37.3 Å². The van der Waals surface area contributed by atoms with Crippen molar-refractivity contribution in [2.45, 2.75) is 6.92 Å². The highest BCUT2D eigenvalue weighted by molar-refractivity contribution is 9.10. The van der Waals surface area contributed by atoms with Gasteiger partial charge in [-0.25, -0.2) is 9.78 Å². The van der Waals surface area contributed by atoms with E-state index in [1.165, 1.54) is 6.07 Å². The highest BCUT2D eigenvalue weighted by atomic mass is 79.9. The minimum absolute atomic E-state index is 0.187. The summed E-state index contributed by atoms with van der Waals surface area (Å²) in [6.07, 6.45) is 0. The molecule has 6 heteroatoms. The second-order valence-corrected chi connectivity index (χ2v) is 5.21. The Hall–Kier alpha value is -1.59. The van der Waals surface area contributed by atoms with Gasteiger partial charge in [-0.3, -0.25) is 0 Å². The molecule has 0 radical (unpaired) electrons. The summed E-state index contributed by atoms with van der Waals surface area (Å²) in [6, 6.07) is 8.55. The van der Waals surface area contributed by atoms with Crippen LogP contribution in [-0.4, -0.2) is 16.1 Å². The van der Waals surface area contributed by atoms with E-state index in [9.17, 15) is 4.79 Å². The van der Waals surface area contributed by atoms with Gasteiger partial charge in [0.15, 0.2) is 0 Å². The molecule has 0 atom stereocenters. The van der Waals surface area contributed by atoms with Gasteiger partial charge in [-0.15, -0.1) is 0 Å². The number of carbonyl (C=O) groups is 1. The second-order valence-electron chi connectivity index (χ2n) is 3.88. The number of hydrogen-bond acceptors (Lipinski definition) is 3. The number of nitrogens with zero attached hydrogens (tertiary/aromatic N) is 1. The molecule has 4 nitrogen and oxygen atoms in total. The summed E-state index contributed by atoms with van der Waals surface area (Å²) in [7, 11) is 0. The fourth-order valence-electron chi connectivity index (χ4n) is 1.59. The molecule has 0 fully saturated rings. The van der Waals surface area contributed by atoms with Gasteiger partial charge in [0, 0.05) is 4.47 Å². The maximum atomic E-state index is 10.9. The lowest BCUT2D eigenvalue weighted by Gasteiger charge is -2.09. The molecule has 0 saturated heterocycles. The minimum Gasteiger partial charge on any atom is -0.478 e. The molecule has 0 aliphatic carbocycles. The number of aromatic nitrogens is 1. The van der Waals surface area contributed by atoms with Crippen molar-refractivity contribution in [1.29, 1.82) is 0 Å². The largest absolute Gasteiger partial charge is 0.478 e. The Morgan fingerprint density at radius 2 is 2.11 bits per heavy atom. The van der Waals surface area contributed by atoms with Gasteiger partial charge in [0.1, 0.15) is 5.82 Å². The molecule has 0 bridgehead atoms. The Kier molecular flexibility index (Phi) is 4.07. The number of benzene rings is 1. The van der Waals surface area contributed by atoms with Crippen molar-refractivity contribution in [2.75, 3.05) is 5.32 Å². The van der Waals surface area contributed by atoms with Crippen LogP contribution in [0.2, 0.25) is 5.02 Å². The number of hydrogen-bond donors (Lipinski definition) is 2. The number of rotatable bonds is 3. The molecular formula is C13H10BrClN2O2. The number of carboxylic acid groups (broad SMARTS) is 1. The summed E-state index contributed by atoms with van der Waals surface area (Å²) in [4.78, 5) is 15.1. The van der Waals surface area contributed by atoms with Crippen LogP contribution in [0, 0.1) is 6.92 Å².